The van der Waals surface area contributed by atoms with E-state index < -0.39 is 5.91 Å². The molecule has 1 amide bonds. The molecule has 0 aliphatic rings. The Kier molecular flexibility index (Phi) is 23.3. The fourth-order valence-electron chi connectivity index (χ4n) is 4.05. The summed E-state index contributed by atoms with van der Waals surface area (Å²) in [5.74, 6) is -0.944. The van der Waals surface area contributed by atoms with Crippen LogP contribution in [0.15, 0.2) is 11.6 Å². The first-order valence-corrected chi connectivity index (χ1v) is 13.8. The van der Waals surface area contributed by atoms with Gasteiger partial charge in [0.25, 0.3) is 0 Å². The summed E-state index contributed by atoms with van der Waals surface area (Å²) in [6.45, 7) is 4.85. The van der Waals surface area contributed by atoms with Crippen LogP contribution in [0, 0.1) is 0 Å². The number of nitrogens with two attached hydrogens (primary N) is 1. The van der Waals surface area contributed by atoms with Crippen LogP contribution < -0.4 is 5.73 Å². The average Bonchev–Trinajstić information content (AvgIpc) is 2.77. The number of primary amides is 1. The van der Waals surface area contributed by atoms with E-state index in [4.69, 9.17) is 10.5 Å². The van der Waals surface area contributed by atoms with Crippen LogP contribution >= 0.6 is 0 Å². The van der Waals surface area contributed by atoms with Gasteiger partial charge in [-0.05, 0) is 19.3 Å². The monoisotopic (exact) mass is 451 g/mol. The quantitative estimate of drug-likeness (QED) is 0.0913. The van der Waals surface area contributed by atoms with Gasteiger partial charge >= 0.3 is 5.97 Å². The molecule has 0 radical (unpaired) electrons. The molecule has 2 N–H and O–H groups in total. The van der Waals surface area contributed by atoms with Crippen molar-refractivity contribution >= 4 is 11.9 Å². The fraction of sp³-hybridized carbons (Fsp3) is 0.857. The average molecular weight is 452 g/mol. The molecular weight excluding hydrogens is 398 g/mol. The van der Waals surface area contributed by atoms with Crippen LogP contribution in [0.25, 0.3) is 0 Å². The minimum Gasteiger partial charge on any atom is -0.462 e. The number of carbonyl (C=O) groups is 2. The third-order valence-corrected chi connectivity index (χ3v) is 6.11. The Bertz CT molecular complexity index is 473. The number of esters is 1. The molecule has 0 aromatic rings. The van der Waals surface area contributed by atoms with Gasteiger partial charge in [0, 0.05) is 11.6 Å². The summed E-state index contributed by atoms with van der Waals surface area (Å²) in [4.78, 5) is 23.4. The number of hydrogen-bond acceptors (Lipinski definition) is 3. The van der Waals surface area contributed by atoms with Crippen LogP contribution in [-0.2, 0) is 14.3 Å². The Morgan fingerprint density at radius 2 is 0.969 bits per heavy atom. The van der Waals surface area contributed by atoms with Crippen LogP contribution in [-0.4, -0.2) is 18.5 Å². The van der Waals surface area contributed by atoms with E-state index in [-0.39, 0.29) is 5.97 Å². The Hall–Kier alpha value is -1.32. The zero-order chi connectivity index (χ0) is 23.7. The zero-order valence-corrected chi connectivity index (χ0v) is 21.4. The van der Waals surface area contributed by atoms with E-state index in [0.717, 1.165) is 38.5 Å². The molecule has 0 spiro atoms. The lowest BCUT2D eigenvalue weighted by molar-refractivity contribution is -0.139. The third kappa shape index (κ3) is 21.9. The van der Waals surface area contributed by atoms with Gasteiger partial charge in [0.05, 0.1) is 6.61 Å². The minimum atomic E-state index is -0.570. The molecule has 0 aromatic heterocycles. The number of rotatable bonds is 24. The van der Waals surface area contributed by atoms with Gasteiger partial charge in [-0.15, -0.1) is 0 Å². The van der Waals surface area contributed by atoms with Crippen molar-refractivity contribution in [2.24, 2.45) is 5.73 Å². The van der Waals surface area contributed by atoms with E-state index in [0.29, 0.717) is 18.6 Å². The largest absolute Gasteiger partial charge is 0.462 e. The maximum Gasteiger partial charge on any atom is 0.334 e. The SMILES string of the molecule is CCCCCCCCCCCCCCCCCC/C(=C/C(N)=O)C(=O)OCCCCCC. The lowest BCUT2D eigenvalue weighted by atomic mass is 10.0. The van der Waals surface area contributed by atoms with E-state index in [1.165, 1.54) is 96.0 Å². The molecule has 0 aromatic carbocycles. The first-order chi connectivity index (χ1) is 15.6. The van der Waals surface area contributed by atoms with Crippen molar-refractivity contribution in [3.05, 3.63) is 11.6 Å². The number of hydrogen-bond donors (Lipinski definition) is 1. The molecule has 4 nitrogen and oxygen atoms in total. The summed E-state index contributed by atoms with van der Waals surface area (Å²) in [5.41, 5.74) is 5.69. The fourth-order valence-corrected chi connectivity index (χ4v) is 4.05. The van der Waals surface area contributed by atoms with Crippen molar-refractivity contribution in [1.29, 1.82) is 0 Å². The van der Waals surface area contributed by atoms with Crippen molar-refractivity contribution in [2.75, 3.05) is 6.61 Å². The van der Waals surface area contributed by atoms with E-state index in [9.17, 15) is 9.59 Å². The molecule has 0 unspecified atom stereocenters. The highest BCUT2D eigenvalue weighted by Gasteiger charge is 2.12. The molecule has 0 aliphatic carbocycles. The molecular formula is C28H53NO3. The molecule has 0 bridgehead atoms. The predicted octanol–water partition coefficient (Wildman–Crippen LogP) is 8.17. The molecule has 0 rings (SSSR count). The summed E-state index contributed by atoms with van der Waals surface area (Å²) >= 11 is 0. The van der Waals surface area contributed by atoms with Gasteiger partial charge in [0.1, 0.15) is 0 Å². The normalized spacial score (nSPS) is 11.6. The van der Waals surface area contributed by atoms with Crippen molar-refractivity contribution in [1.82, 2.24) is 0 Å². The molecule has 0 saturated heterocycles. The predicted molar refractivity (Wildman–Crippen MR) is 137 cm³/mol. The van der Waals surface area contributed by atoms with Crippen LogP contribution in [0.5, 0.6) is 0 Å². The van der Waals surface area contributed by atoms with E-state index in [2.05, 4.69) is 13.8 Å². The van der Waals surface area contributed by atoms with Gasteiger partial charge in [-0.25, -0.2) is 4.79 Å². The lowest BCUT2D eigenvalue weighted by Crippen LogP contribution is -2.14. The minimum absolute atomic E-state index is 0.374. The Labute approximate surface area is 199 Å². The first kappa shape index (κ1) is 30.7. The highest BCUT2D eigenvalue weighted by atomic mass is 16.5. The smallest absolute Gasteiger partial charge is 0.334 e. The summed E-state index contributed by atoms with van der Waals surface area (Å²) in [5, 5.41) is 0. The van der Waals surface area contributed by atoms with E-state index in [1.807, 2.05) is 0 Å². The summed E-state index contributed by atoms with van der Waals surface area (Å²) in [7, 11) is 0. The van der Waals surface area contributed by atoms with Crippen LogP contribution in [0.1, 0.15) is 149 Å². The van der Waals surface area contributed by atoms with Crippen molar-refractivity contribution in [2.45, 2.75) is 149 Å². The van der Waals surface area contributed by atoms with Gasteiger partial charge in [0.2, 0.25) is 5.91 Å². The summed E-state index contributed by atoms with van der Waals surface area (Å²) < 4.78 is 5.32. The van der Waals surface area contributed by atoms with Crippen molar-refractivity contribution in [3.8, 4) is 0 Å². The first-order valence-electron chi connectivity index (χ1n) is 13.8. The molecule has 0 aliphatic heterocycles. The molecule has 188 valence electrons. The number of amides is 1. The zero-order valence-electron chi connectivity index (χ0n) is 21.4. The second-order valence-electron chi connectivity index (χ2n) is 9.32. The van der Waals surface area contributed by atoms with Gasteiger partial charge in [-0.3, -0.25) is 4.79 Å². The Morgan fingerprint density at radius 3 is 1.38 bits per heavy atom. The third-order valence-electron chi connectivity index (χ3n) is 6.11. The van der Waals surface area contributed by atoms with E-state index >= 15 is 0 Å². The highest BCUT2D eigenvalue weighted by molar-refractivity contribution is 5.97. The van der Waals surface area contributed by atoms with Gasteiger partial charge in [-0.1, -0.05) is 129 Å². The van der Waals surface area contributed by atoms with Gasteiger partial charge in [0.15, 0.2) is 0 Å². The lowest BCUT2D eigenvalue weighted by Gasteiger charge is -2.08. The van der Waals surface area contributed by atoms with Crippen LogP contribution in [0.2, 0.25) is 0 Å². The molecule has 32 heavy (non-hydrogen) atoms. The molecule has 0 atom stereocenters. The van der Waals surface area contributed by atoms with E-state index in [1.54, 1.807) is 0 Å². The molecule has 0 fully saturated rings. The molecule has 0 heterocycles. The summed E-state index contributed by atoms with van der Waals surface area (Å²) in [6, 6.07) is 0. The topological polar surface area (TPSA) is 69.4 Å². The van der Waals surface area contributed by atoms with Crippen molar-refractivity contribution in [3.63, 3.8) is 0 Å². The van der Waals surface area contributed by atoms with Gasteiger partial charge in [-0.2, -0.15) is 0 Å². The number of carbonyl (C=O) groups excluding carboxylic acids is 2. The van der Waals surface area contributed by atoms with Crippen molar-refractivity contribution < 1.29 is 14.3 Å². The standard InChI is InChI=1S/C28H53NO3/c1-3-5-7-9-10-11-12-13-14-15-16-17-18-19-20-21-23-26(25-27(29)30)28(31)32-24-22-8-6-4-2/h25H,3-24H2,1-2H3,(H2,29,30)/b26-25-. The van der Waals surface area contributed by atoms with Crippen LogP contribution in [0.3, 0.4) is 0 Å². The maximum atomic E-state index is 12.2. The van der Waals surface area contributed by atoms with Crippen LogP contribution in [0.4, 0.5) is 0 Å². The number of unbranched alkanes of at least 4 members (excludes halogenated alkanes) is 18. The number of ether oxygens (including phenoxy) is 1. The maximum absolute atomic E-state index is 12.2. The summed E-state index contributed by atoms with van der Waals surface area (Å²) in [6.07, 6.45) is 27.1. The molecule has 4 heteroatoms. The Morgan fingerprint density at radius 1 is 0.594 bits per heavy atom. The van der Waals surface area contributed by atoms with Gasteiger partial charge < -0.3 is 10.5 Å². The molecule has 0 saturated carbocycles. The second kappa shape index (κ2) is 24.3. The Balaban J connectivity index is 3.63. The second-order valence-corrected chi connectivity index (χ2v) is 9.32. The highest BCUT2D eigenvalue weighted by Crippen LogP contribution is 2.16.